The number of nitrogens with one attached hydrogen (secondary N) is 1. The zero-order valence-electron chi connectivity index (χ0n) is 11.1. The van der Waals surface area contributed by atoms with E-state index in [1.54, 1.807) is 0 Å². The summed E-state index contributed by atoms with van der Waals surface area (Å²) in [7, 11) is 1.41. The number of anilines is 1. The molecule has 0 amide bonds. The Morgan fingerprint density at radius 1 is 1.62 bits per heavy atom. The minimum absolute atomic E-state index is 0.0660. The molecule has 1 fully saturated rings. The number of nitrogen functional groups attached to an aromatic ring is 1. The van der Waals surface area contributed by atoms with Crippen molar-refractivity contribution in [1.29, 1.82) is 0 Å². The van der Waals surface area contributed by atoms with Crippen LogP contribution in [0.15, 0.2) is 11.1 Å². The maximum absolute atomic E-state index is 11.7. The first-order chi connectivity index (χ1) is 10.1. The first kappa shape index (κ1) is 13.9. The van der Waals surface area contributed by atoms with Crippen LogP contribution in [-0.2, 0) is 9.47 Å². The molecule has 10 nitrogen and oxygen atoms in total. The molecular weight excluding hydrogens is 282 g/mol. The predicted molar refractivity (Wildman–Crippen MR) is 70.4 cm³/mol. The number of hydrogen-bond donors (Lipinski definition) is 4. The molecule has 5 N–H and O–H groups in total. The molecule has 1 saturated heterocycles. The van der Waals surface area contributed by atoms with Crippen molar-refractivity contribution < 1.29 is 19.7 Å². The third-order valence-corrected chi connectivity index (χ3v) is 3.49. The summed E-state index contributed by atoms with van der Waals surface area (Å²) in [6.07, 6.45) is -1.99. The van der Waals surface area contributed by atoms with Gasteiger partial charge in [-0.15, -0.1) is 0 Å². The number of aliphatic hydroxyl groups excluding tert-OH is 2. The van der Waals surface area contributed by atoms with Gasteiger partial charge in [0.1, 0.15) is 18.3 Å². The van der Waals surface area contributed by atoms with Crippen LogP contribution >= 0.6 is 0 Å². The molecule has 0 aromatic carbocycles. The minimum Gasteiger partial charge on any atom is -0.394 e. The standard InChI is InChI=1S/C11H15N5O5/c1-20-7-4(2-17)21-10(6(7)18)16-3-13-5-8(16)14-11(12)15-9(5)19/h3-4,6-7,10,17-18H,2H2,1H3,(H3,12,14,15,19)/t4-,6?,7?,10?/m1/s1. The molecule has 3 unspecified atom stereocenters. The van der Waals surface area contributed by atoms with Gasteiger partial charge in [0, 0.05) is 7.11 Å². The quantitative estimate of drug-likeness (QED) is 0.506. The number of hydrogen-bond acceptors (Lipinski definition) is 8. The van der Waals surface area contributed by atoms with Crippen LogP contribution in [0.3, 0.4) is 0 Å². The van der Waals surface area contributed by atoms with Crippen molar-refractivity contribution in [2.75, 3.05) is 19.5 Å². The van der Waals surface area contributed by atoms with Gasteiger partial charge < -0.3 is 25.4 Å². The van der Waals surface area contributed by atoms with Crippen LogP contribution in [0.25, 0.3) is 11.2 Å². The first-order valence-corrected chi connectivity index (χ1v) is 6.26. The van der Waals surface area contributed by atoms with Gasteiger partial charge in [-0.1, -0.05) is 0 Å². The van der Waals surface area contributed by atoms with E-state index in [2.05, 4.69) is 15.0 Å². The van der Waals surface area contributed by atoms with Gasteiger partial charge in [0.25, 0.3) is 5.56 Å². The molecule has 1 aliphatic heterocycles. The van der Waals surface area contributed by atoms with E-state index in [-0.39, 0.29) is 23.7 Å². The minimum atomic E-state index is -1.05. The van der Waals surface area contributed by atoms with Gasteiger partial charge in [-0.05, 0) is 0 Å². The number of aromatic amines is 1. The molecule has 0 aliphatic carbocycles. The van der Waals surface area contributed by atoms with Crippen LogP contribution in [0.4, 0.5) is 5.95 Å². The normalized spacial score (nSPS) is 29.3. The second-order valence-corrected chi connectivity index (χ2v) is 4.71. The van der Waals surface area contributed by atoms with Crippen molar-refractivity contribution in [2.24, 2.45) is 0 Å². The van der Waals surface area contributed by atoms with Gasteiger partial charge in [0.2, 0.25) is 5.95 Å². The smallest absolute Gasteiger partial charge is 0.280 e. The number of fused-ring (bicyclic) bond motifs is 1. The largest absolute Gasteiger partial charge is 0.394 e. The summed E-state index contributed by atoms with van der Waals surface area (Å²) >= 11 is 0. The molecule has 0 saturated carbocycles. The number of rotatable bonds is 3. The number of nitrogens with zero attached hydrogens (tertiary/aromatic N) is 3. The lowest BCUT2D eigenvalue weighted by Crippen LogP contribution is -2.35. The topological polar surface area (TPSA) is 149 Å². The average Bonchev–Trinajstić information content (AvgIpc) is 2.99. The lowest BCUT2D eigenvalue weighted by Gasteiger charge is -2.17. The van der Waals surface area contributed by atoms with E-state index in [1.807, 2.05) is 0 Å². The monoisotopic (exact) mass is 297 g/mol. The highest BCUT2D eigenvalue weighted by atomic mass is 16.6. The van der Waals surface area contributed by atoms with Crippen molar-refractivity contribution in [3.8, 4) is 0 Å². The molecule has 3 rings (SSSR count). The first-order valence-electron chi connectivity index (χ1n) is 6.26. The number of methoxy groups -OCH3 is 1. The van der Waals surface area contributed by atoms with E-state index in [0.29, 0.717) is 0 Å². The van der Waals surface area contributed by atoms with Crippen molar-refractivity contribution in [2.45, 2.75) is 24.5 Å². The fourth-order valence-electron chi connectivity index (χ4n) is 2.52. The van der Waals surface area contributed by atoms with E-state index >= 15 is 0 Å². The van der Waals surface area contributed by atoms with Crippen LogP contribution < -0.4 is 11.3 Å². The fourth-order valence-corrected chi connectivity index (χ4v) is 2.52. The Kier molecular flexibility index (Phi) is 3.37. The molecule has 3 heterocycles. The number of imidazole rings is 1. The number of aromatic nitrogens is 4. The predicted octanol–water partition coefficient (Wildman–Crippen LogP) is -2.03. The summed E-state index contributed by atoms with van der Waals surface area (Å²) in [6, 6.07) is 0. The maximum Gasteiger partial charge on any atom is 0.280 e. The summed E-state index contributed by atoms with van der Waals surface area (Å²) in [6.45, 7) is -0.311. The van der Waals surface area contributed by atoms with E-state index in [1.165, 1.54) is 18.0 Å². The highest BCUT2D eigenvalue weighted by Gasteiger charge is 2.45. The molecule has 114 valence electrons. The Morgan fingerprint density at radius 2 is 2.38 bits per heavy atom. The molecule has 0 bridgehead atoms. The van der Waals surface area contributed by atoms with Crippen LogP contribution in [0, 0.1) is 0 Å². The molecule has 0 radical (unpaired) electrons. The Labute approximate surface area is 118 Å². The van der Waals surface area contributed by atoms with Crippen molar-refractivity contribution in [3.05, 3.63) is 16.7 Å². The van der Waals surface area contributed by atoms with Gasteiger partial charge in [0.15, 0.2) is 17.4 Å². The molecule has 21 heavy (non-hydrogen) atoms. The van der Waals surface area contributed by atoms with Gasteiger partial charge in [-0.2, -0.15) is 4.98 Å². The summed E-state index contributed by atoms with van der Waals surface area (Å²) in [5, 5.41) is 19.5. The molecular formula is C11H15N5O5. The molecule has 0 spiro atoms. The number of ether oxygens (including phenoxy) is 2. The van der Waals surface area contributed by atoms with Gasteiger partial charge in [-0.25, -0.2) is 4.98 Å². The Hall–Kier alpha value is -2.01. The molecule has 10 heteroatoms. The molecule has 2 aromatic rings. The van der Waals surface area contributed by atoms with E-state index in [0.717, 1.165) is 0 Å². The zero-order chi connectivity index (χ0) is 15.1. The van der Waals surface area contributed by atoms with E-state index in [9.17, 15) is 15.0 Å². The second-order valence-electron chi connectivity index (χ2n) is 4.71. The van der Waals surface area contributed by atoms with Crippen LogP contribution in [-0.4, -0.2) is 61.8 Å². The van der Waals surface area contributed by atoms with Gasteiger partial charge in [0.05, 0.1) is 12.9 Å². The zero-order valence-corrected chi connectivity index (χ0v) is 11.1. The number of H-pyrrole nitrogens is 1. The summed E-state index contributed by atoms with van der Waals surface area (Å²) in [5.74, 6) is -0.0660. The molecule has 4 atom stereocenters. The van der Waals surface area contributed by atoms with Crippen molar-refractivity contribution >= 4 is 17.1 Å². The van der Waals surface area contributed by atoms with Crippen LogP contribution in [0.2, 0.25) is 0 Å². The Balaban J connectivity index is 2.07. The van der Waals surface area contributed by atoms with E-state index < -0.39 is 30.1 Å². The van der Waals surface area contributed by atoms with Crippen molar-refractivity contribution in [1.82, 2.24) is 19.5 Å². The van der Waals surface area contributed by atoms with Gasteiger partial charge in [-0.3, -0.25) is 14.3 Å². The average molecular weight is 297 g/mol. The second kappa shape index (κ2) is 5.07. The van der Waals surface area contributed by atoms with Crippen LogP contribution in [0.5, 0.6) is 0 Å². The molecule has 1 aliphatic rings. The summed E-state index contributed by atoms with van der Waals surface area (Å²) in [5.41, 5.74) is 5.31. The third-order valence-electron chi connectivity index (χ3n) is 3.49. The van der Waals surface area contributed by atoms with Crippen LogP contribution in [0.1, 0.15) is 6.23 Å². The highest BCUT2D eigenvalue weighted by Crippen LogP contribution is 2.32. The van der Waals surface area contributed by atoms with Crippen molar-refractivity contribution in [3.63, 3.8) is 0 Å². The highest BCUT2D eigenvalue weighted by molar-refractivity contribution is 5.70. The molecule has 2 aromatic heterocycles. The maximum atomic E-state index is 11.7. The number of aliphatic hydroxyl groups is 2. The number of nitrogens with two attached hydrogens (primary N) is 1. The third kappa shape index (κ3) is 2.08. The Bertz CT molecular complexity index is 713. The fraction of sp³-hybridized carbons (Fsp3) is 0.545. The SMILES string of the molecule is COC1C(O)C(n2cnc3c(=O)[nH]c(N)nc32)O[C@@H]1CO. The summed E-state index contributed by atoms with van der Waals surface area (Å²) < 4.78 is 12.1. The van der Waals surface area contributed by atoms with Gasteiger partial charge >= 0.3 is 0 Å². The van der Waals surface area contributed by atoms with E-state index in [4.69, 9.17) is 15.2 Å². The lowest BCUT2D eigenvalue weighted by atomic mass is 10.1. The summed E-state index contributed by atoms with van der Waals surface area (Å²) in [4.78, 5) is 22.0. The Morgan fingerprint density at radius 3 is 3.00 bits per heavy atom. The lowest BCUT2D eigenvalue weighted by molar-refractivity contribution is -0.0535.